The molecule has 0 saturated carbocycles. The normalized spacial score (nSPS) is 10.7. The van der Waals surface area contributed by atoms with Crippen LogP contribution in [0.5, 0.6) is 5.75 Å². The van der Waals surface area contributed by atoms with Crippen LogP contribution in [0.15, 0.2) is 63.6 Å². The summed E-state index contributed by atoms with van der Waals surface area (Å²) in [6.45, 7) is 0. The minimum atomic E-state index is -0.207. The van der Waals surface area contributed by atoms with Crippen LogP contribution in [-0.4, -0.2) is 34.0 Å². The minimum Gasteiger partial charge on any atom is -0.497 e. The highest BCUT2D eigenvalue weighted by Gasteiger charge is 2.13. The molecular weight excluding hydrogens is 444 g/mol. The lowest BCUT2D eigenvalue weighted by Crippen LogP contribution is -2.13. The van der Waals surface area contributed by atoms with E-state index in [1.165, 1.54) is 11.3 Å². The first-order chi connectivity index (χ1) is 14.6. The lowest BCUT2D eigenvalue weighted by atomic mass is 10.2. The molecule has 7 nitrogen and oxygen atoms in total. The zero-order valence-corrected chi connectivity index (χ0v) is 18.1. The molecular formula is C20H15ClN4O3S2. The fourth-order valence-electron chi connectivity index (χ4n) is 2.49. The number of amides is 1. The first-order valence-electron chi connectivity index (χ1n) is 8.73. The Hall–Kier alpha value is -2.88. The predicted molar refractivity (Wildman–Crippen MR) is 118 cm³/mol. The van der Waals surface area contributed by atoms with Crippen molar-refractivity contribution in [2.24, 2.45) is 0 Å². The van der Waals surface area contributed by atoms with Crippen LogP contribution in [0.1, 0.15) is 0 Å². The van der Waals surface area contributed by atoms with Gasteiger partial charge in [-0.15, -0.1) is 21.5 Å². The highest BCUT2D eigenvalue weighted by molar-refractivity contribution is 7.99. The molecule has 2 aromatic heterocycles. The molecule has 0 radical (unpaired) electrons. The van der Waals surface area contributed by atoms with Crippen molar-refractivity contribution in [1.29, 1.82) is 0 Å². The molecule has 0 aliphatic rings. The van der Waals surface area contributed by atoms with E-state index >= 15 is 0 Å². The number of thioether (sulfide) groups is 1. The van der Waals surface area contributed by atoms with Crippen LogP contribution in [0.2, 0.25) is 5.02 Å². The fraction of sp³-hybridized carbons (Fsp3) is 0.100. The number of thiazole rings is 1. The number of aromatic nitrogens is 3. The summed E-state index contributed by atoms with van der Waals surface area (Å²) in [5.74, 6) is 1.04. The third kappa shape index (κ3) is 4.99. The van der Waals surface area contributed by atoms with Crippen LogP contribution in [0.25, 0.3) is 22.7 Å². The van der Waals surface area contributed by atoms with Gasteiger partial charge in [-0.1, -0.05) is 35.5 Å². The van der Waals surface area contributed by atoms with Crippen molar-refractivity contribution >= 4 is 45.7 Å². The molecule has 0 bridgehead atoms. The molecule has 4 rings (SSSR count). The molecule has 30 heavy (non-hydrogen) atoms. The van der Waals surface area contributed by atoms with Gasteiger partial charge in [0, 0.05) is 21.5 Å². The predicted octanol–water partition coefficient (Wildman–Crippen LogP) is 5.25. The number of nitrogens with one attached hydrogen (secondary N) is 1. The van der Waals surface area contributed by atoms with Crippen molar-refractivity contribution in [3.8, 4) is 28.5 Å². The number of ether oxygens (including phenoxy) is 1. The van der Waals surface area contributed by atoms with E-state index in [0.29, 0.717) is 21.3 Å². The second-order valence-electron chi connectivity index (χ2n) is 5.98. The Balaban J connectivity index is 1.32. The summed E-state index contributed by atoms with van der Waals surface area (Å²) in [6.07, 6.45) is 0. The molecule has 2 heterocycles. The van der Waals surface area contributed by atoms with Crippen molar-refractivity contribution in [1.82, 2.24) is 15.2 Å². The molecule has 152 valence electrons. The molecule has 0 aliphatic carbocycles. The van der Waals surface area contributed by atoms with Gasteiger partial charge < -0.3 is 14.5 Å². The van der Waals surface area contributed by atoms with Gasteiger partial charge in [-0.25, -0.2) is 4.98 Å². The minimum absolute atomic E-state index is 0.125. The highest BCUT2D eigenvalue weighted by atomic mass is 35.5. The lowest BCUT2D eigenvalue weighted by molar-refractivity contribution is -0.113. The van der Waals surface area contributed by atoms with Crippen LogP contribution < -0.4 is 10.1 Å². The third-order valence-electron chi connectivity index (χ3n) is 3.96. The van der Waals surface area contributed by atoms with Crippen molar-refractivity contribution in [2.75, 3.05) is 18.2 Å². The quantitative estimate of drug-likeness (QED) is 0.378. The Kier molecular flexibility index (Phi) is 6.32. The molecule has 1 amide bonds. The summed E-state index contributed by atoms with van der Waals surface area (Å²) in [6, 6.07) is 14.6. The van der Waals surface area contributed by atoms with Gasteiger partial charge in [0.15, 0.2) is 5.13 Å². The van der Waals surface area contributed by atoms with E-state index in [0.717, 1.165) is 34.3 Å². The second kappa shape index (κ2) is 9.29. The number of methoxy groups -OCH3 is 1. The third-order valence-corrected chi connectivity index (χ3v) is 5.79. The number of hydrogen-bond acceptors (Lipinski definition) is 8. The maximum Gasteiger partial charge on any atom is 0.277 e. The average Bonchev–Trinajstić information content (AvgIpc) is 3.43. The summed E-state index contributed by atoms with van der Waals surface area (Å²) < 4.78 is 10.7. The van der Waals surface area contributed by atoms with Crippen molar-refractivity contribution < 1.29 is 13.9 Å². The number of rotatable bonds is 7. The topological polar surface area (TPSA) is 90.1 Å². The van der Waals surface area contributed by atoms with E-state index in [9.17, 15) is 4.79 Å². The summed E-state index contributed by atoms with van der Waals surface area (Å²) in [5.41, 5.74) is 2.49. The van der Waals surface area contributed by atoms with Gasteiger partial charge in [-0.2, -0.15) is 0 Å². The average molecular weight is 459 g/mol. The van der Waals surface area contributed by atoms with E-state index < -0.39 is 0 Å². The molecule has 0 saturated heterocycles. The van der Waals surface area contributed by atoms with E-state index in [4.69, 9.17) is 20.8 Å². The zero-order valence-electron chi connectivity index (χ0n) is 15.7. The molecule has 4 aromatic rings. The number of halogens is 1. The number of hydrogen-bond donors (Lipinski definition) is 1. The molecule has 0 atom stereocenters. The van der Waals surface area contributed by atoms with Crippen LogP contribution in [0, 0.1) is 0 Å². The SMILES string of the molecule is COc1ccc(-c2nnc(SCC(=O)Nc3nc(-c4ccc(Cl)cc4)cs3)o2)cc1. The highest BCUT2D eigenvalue weighted by Crippen LogP contribution is 2.27. The molecule has 0 aliphatic heterocycles. The largest absolute Gasteiger partial charge is 0.497 e. The van der Waals surface area contributed by atoms with Crippen LogP contribution in [0.3, 0.4) is 0 Å². The Morgan fingerprint density at radius 2 is 1.87 bits per heavy atom. The Morgan fingerprint density at radius 3 is 2.60 bits per heavy atom. The van der Waals surface area contributed by atoms with Crippen LogP contribution >= 0.6 is 34.7 Å². The molecule has 0 spiro atoms. The molecule has 10 heteroatoms. The number of nitrogens with zero attached hydrogens (tertiary/aromatic N) is 3. The van der Waals surface area contributed by atoms with E-state index in [2.05, 4.69) is 20.5 Å². The number of benzene rings is 2. The molecule has 0 unspecified atom stereocenters. The number of carbonyl (C=O) groups is 1. The van der Waals surface area contributed by atoms with Crippen molar-refractivity contribution in [3.63, 3.8) is 0 Å². The number of anilines is 1. The Bertz CT molecular complexity index is 1140. The maximum absolute atomic E-state index is 12.2. The van der Waals surface area contributed by atoms with Gasteiger partial charge in [0.25, 0.3) is 5.22 Å². The summed E-state index contributed by atoms with van der Waals surface area (Å²) in [5, 5.41) is 14.2. The molecule has 1 N–H and O–H groups in total. The van der Waals surface area contributed by atoms with Gasteiger partial charge in [0.05, 0.1) is 18.6 Å². The molecule has 2 aromatic carbocycles. The van der Waals surface area contributed by atoms with Gasteiger partial charge in [0.2, 0.25) is 11.8 Å². The van der Waals surface area contributed by atoms with Gasteiger partial charge in [-0.05, 0) is 36.4 Å². The van der Waals surface area contributed by atoms with E-state index in [-0.39, 0.29) is 11.7 Å². The van der Waals surface area contributed by atoms with Crippen LogP contribution in [-0.2, 0) is 4.79 Å². The smallest absolute Gasteiger partial charge is 0.277 e. The van der Waals surface area contributed by atoms with Gasteiger partial charge in [-0.3, -0.25) is 4.79 Å². The lowest BCUT2D eigenvalue weighted by Gasteiger charge is -2.00. The zero-order chi connectivity index (χ0) is 20.9. The molecule has 0 fully saturated rings. The first-order valence-corrected chi connectivity index (χ1v) is 11.0. The van der Waals surface area contributed by atoms with Gasteiger partial charge >= 0.3 is 0 Å². The number of carbonyl (C=O) groups excluding carboxylic acids is 1. The first kappa shape index (κ1) is 20.4. The summed E-state index contributed by atoms with van der Waals surface area (Å²) in [7, 11) is 1.60. The Labute approximate surface area is 185 Å². The van der Waals surface area contributed by atoms with Crippen molar-refractivity contribution in [2.45, 2.75) is 5.22 Å². The second-order valence-corrected chi connectivity index (χ2v) is 8.20. The van der Waals surface area contributed by atoms with Gasteiger partial charge in [0.1, 0.15) is 5.75 Å². The fourth-order valence-corrected chi connectivity index (χ4v) is 3.91. The summed E-state index contributed by atoms with van der Waals surface area (Å²) in [4.78, 5) is 16.7. The maximum atomic E-state index is 12.2. The van der Waals surface area contributed by atoms with E-state index in [1.54, 1.807) is 19.2 Å². The standard InChI is InChI=1S/C20H15ClN4O3S2/c1-27-15-8-4-13(5-9-15)18-24-25-20(28-18)30-11-17(26)23-19-22-16(10-29-19)12-2-6-14(21)7-3-12/h2-10H,11H2,1H3,(H,22,23,26). The van der Waals surface area contributed by atoms with Crippen LogP contribution in [0.4, 0.5) is 5.13 Å². The van der Waals surface area contributed by atoms with E-state index in [1.807, 2.05) is 41.8 Å². The summed E-state index contributed by atoms with van der Waals surface area (Å²) >= 11 is 8.42. The van der Waals surface area contributed by atoms with Crippen molar-refractivity contribution in [3.05, 3.63) is 58.9 Å². The Morgan fingerprint density at radius 1 is 1.13 bits per heavy atom. The monoisotopic (exact) mass is 458 g/mol.